The fraction of sp³-hybridized carbons (Fsp3) is 0.231. The van der Waals surface area contributed by atoms with Gasteiger partial charge in [-0.15, -0.1) is 0 Å². The van der Waals surface area contributed by atoms with E-state index in [1.807, 2.05) is 12.3 Å². The number of imidazole rings is 1. The molecular weight excluding hydrogens is 254 g/mol. The first-order chi connectivity index (χ1) is 9.78. The Hall–Kier alpha value is -2.70. The van der Waals surface area contributed by atoms with Crippen molar-refractivity contribution >= 4 is 22.9 Å². The van der Waals surface area contributed by atoms with Crippen molar-refractivity contribution < 1.29 is 0 Å². The number of hydrogen-bond acceptors (Lipinski definition) is 6. The summed E-state index contributed by atoms with van der Waals surface area (Å²) in [5.41, 5.74) is 3.75. The summed E-state index contributed by atoms with van der Waals surface area (Å²) in [6.07, 6.45) is 5.25. The Bertz CT molecular complexity index is 734. The molecule has 0 unspecified atom stereocenters. The Balaban J connectivity index is 1.90. The lowest BCUT2D eigenvalue weighted by Gasteiger charge is -2.09. The van der Waals surface area contributed by atoms with E-state index in [4.69, 9.17) is 0 Å². The van der Waals surface area contributed by atoms with E-state index < -0.39 is 0 Å². The molecule has 102 valence electrons. The topological polar surface area (TPSA) is 91.4 Å². The maximum absolute atomic E-state index is 4.41. The highest BCUT2D eigenvalue weighted by molar-refractivity contribution is 5.83. The van der Waals surface area contributed by atoms with E-state index in [0.717, 1.165) is 16.9 Å². The molecule has 0 saturated carbocycles. The minimum atomic E-state index is 0.537. The Kier molecular flexibility index (Phi) is 3.16. The van der Waals surface area contributed by atoms with Gasteiger partial charge in [0.15, 0.2) is 11.5 Å². The number of aromatic nitrogens is 5. The lowest BCUT2D eigenvalue weighted by atomic mass is 10.1. The summed E-state index contributed by atoms with van der Waals surface area (Å²) in [6, 6.07) is 1.99. The number of rotatable bonds is 4. The Morgan fingerprint density at radius 3 is 3.00 bits per heavy atom. The van der Waals surface area contributed by atoms with Crippen LogP contribution in [0.3, 0.4) is 0 Å². The molecule has 0 amide bonds. The number of aryl methyl sites for hydroxylation is 1. The number of pyridine rings is 1. The predicted molar refractivity (Wildman–Crippen MR) is 77.5 cm³/mol. The molecule has 7 nitrogen and oxygen atoms in total. The van der Waals surface area contributed by atoms with Crippen molar-refractivity contribution in [2.75, 3.05) is 17.7 Å². The van der Waals surface area contributed by atoms with Crippen LogP contribution in [0.15, 0.2) is 24.8 Å². The zero-order valence-electron chi connectivity index (χ0n) is 11.3. The number of fused-ring (bicyclic) bond motifs is 1. The molecule has 0 aliphatic heterocycles. The van der Waals surface area contributed by atoms with E-state index in [1.54, 1.807) is 19.6 Å². The standard InChI is InChI=1S/C13H15N7/c1-8-3-4-15-5-9(8)6-16-11-10-12(18-7-17-10)20-13(14-2)19-11/h3-5,7H,6H2,1-2H3,(H3,14,16,17,18,19,20). The number of hydrogen-bond donors (Lipinski definition) is 3. The number of nitrogens with one attached hydrogen (secondary N) is 3. The molecule has 0 fully saturated rings. The lowest BCUT2D eigenvalue weighted by Crippen LogP contribution is -2.06. The van der Waals surface area contributed by atoms with Gasteiger partial charge in [0.1, 0.15) is 5.52 Å². The summed E-state index contributed by atoms with van der Waals surface area (Å²) in [5.74, 6) is 1.26. The third-order valence-electron chi connectivity index (χ3n) is 3.10. The first-order valence-corrected chi connectivity index (χ1v) is 6.30. The van der Waals surface area contributed by atoms with Gasteiger partial charge < -0.3 is 15.6 Å². The van der Waals surface area contributed by atoms with Crippen LogP contribution in [0.5, 0.6) is 0 Å². The van der Waals surface area contributed by atoms with Crippen molar-refractivity contribution in [1.82, 2.24) is 24.9 Å². The van der Waals surface area contributed by atoms with E-state index in [0.29, 0.717) is 18.1 Å². The van der Waals surface area contributed by atoms with Crippen LogP contribution in [0.4, 0.5) is 11.8 Å². The van der Waals surface area contributed by atoms with E-state index >= 15 is 0 Å². The highest BCUT2D eigenvalue weighted by atomic mass is 15.2. The predicted octanol–water partition coefficient (Wildman–Crippen LogP) is 1.71. The van der Waals surface area contributed by atoms with Gasteiger partial charge in [-0.25, -0.2) is 4.98 Å². The molecule has 0 aliphatic rings. The fourth-order valence-corrected chi connectivity index (χ4v) is 1.93. The van der Waals surface area contributed by atoms with Crippen molar-refractivity contribution in [2.24, 2.45) is 0 Å². The average Bonchev–Trinajstić information content (AvgIpc) is 2.94. The maximum atomic E-state index is 4.41. The Morgan fingerprint density at radius 2 is 2.20 bits per heavy atom. The quantitative estimate of drug-likeness (QED) is 0.668. The molecule has 3 heterocycles. The molecule has 20 heavy (non-hydrogen) atoms. The molecule has 3 N–H and O–H groups in total. The third-order valence-corrected chi connectivity index (χ3v) is 3.10. The Labute approximate surface area is 115 Å². The molecule has 0 bridgehead atoms. The van der Waals surface area contributed by atoms with Gasteiger partial charge in [0, 0.05) is 26.0 Å². The van der Waals surface area contributed by atoms with Crippen molar-refractivity contribution in [3.05, 3.63) is 35.9 Å². The molecule has 3 aromatic rings. The van der Waals surface area contributed by atoms with Crippen LogP contribution in [0.25, 0.3) is 11.2 Å². The van der Waals surface area contributed by atoms with Crippen LogP contribution in [0.2, 0.25) is 0 Å². The van der Waals surface area contributed by atoms with Crippen LogP contribution in [0.1, 0.15) is 11.1 Å². The van der Waals surface area contributed by atoms with Gasteiger partial charge >= 0.3 is 0 Å². The third kappa shape index (κ3) is 2.25. The van der Waals surface area contributed by atoms with E-state index in [9.17, 15) is 0 Å². The van der Waals surface area contributed by atoms with Gasteiger partial charge in [-0.2, -0.15) is 9.97 Å². The summed E-state index contributed by atoms with van der Waals surface area (Å²) in [4.78, 5) is 20.0. The summed E-state index contributed by atoms with van der Waals surface area (Å²) >= 11 is 0. The van der Waals surface area contributed by atoms with Crippen molar-refractivity contribution in [1.29, 1.82) is 0 Å². The SMILES string of the molecule is CNc1nc(NCc2cnccc2C)c2[nH]cnc2n1. The molecule has 3 rings (SSSR count). The number of nitrogens with zero attached hydrogens (tertiary/aromatic N) is 4. The molecule has 0 aliphatic carbocycles. The van der Waals surface area contributed by atoms with Crippen molar-refractivity contribution in [3.8, 4) is 0 Å². The molecule has 7 heteroatoms. The van der Waals surface area contributed by atoms with Gasteiger partial charge in [0.25, 0.3) is 0 Å². The summed E-state index contributed by atoms with van der Waals surface area (Å²) in [7, 11) is 1.78. The van der Waals surface area contributed by atoms with Crippen LogP contribution in [-0.4, -0.2) is 32.0 Å². The zero-order valence-corrected chi connectivity index (χ0v) is 11.3. The fourth-order valence-electron chi connectivity index (χ4n) is 1.93. The van der Waals surface area contributed by atoms with E-state index in [-0.39, 0.29) is 0 Å². The Morgan fingerprint density at radius 1 is 1.30 bits per heavy atom. The van der Waals surface area contributed by atoms with Gasteiger partial charge in [-0.3, -0.25) is 4.98 Å². The minimum Gasteiger partial charge on any atom is -0.364 e. The molecule has 0 saturated heterocycles. The van der Waals surface area contributed by atoms with E-state index in [1.165, 1.54) is 5.56 Å². The van der Waals surface area contributed by atoms with Crippen LogP contribution in [-0.2, 0) is 6.54 Å². The van der Waals surface area contributed by atoms with Gasteiger partial charge in [-0.05, 0) is 24.1 Å². The first kappa shape index (κ1) is 12.3. The first-order valence-electron chi connectivity index (χ1n) is 6.30. The zero-order chi connectivity index (χ0) is 13.9. The largest absolute Gasteiger partial charge is 0.364 e. The second-order valence-electron chi connectivity index (χ2n) is 4.40. The number of anilines is 2. The molecular formula is C13H15N7. The molecule has 0 radical (unpaired) electrons. The smallest absolute Gasteiger partial charge is 0.226 e. The minimum absolute atomic E-state index is 0.537. The molecule has 0 aromatic carbocycles. The second-order valence-corrected chi connectivity index (χ2v) is 4.40. The highest BCUT2D eigenvalue weighted by Gasteiger charge is 2.09. The van der Waals surface area contributed by atoms with Gasteiger partial charge in [-0.1, -0.05) is 0 Å². The highest BCUT2D eigenvalue weighted by Crippen LogP contribution is 2.19. The second kappa shape index (κ2) is 5.12. The number of H-pyrrole nitrogens is 1. The molecule has 3 aromatic heterocycles. The van der Waals surface area contributed by atoms with Crippen LogP contribution >= 0.6 is 0 Å². The monoisotopic (exact) mass is 269 g/mol. The van der Waals surface area contributed by atoms with Crippen molar-refractivity contribution in [3.63, 3.8) is 0 Å². The van der Waals surface area contributed by atoms with Crippen LogP contribution < -0.4 is 10.6 Å². The molecule has 0 spiro atoms. The van der Waals surface area contributed by atoms with Gasteiger partial charge in [0.05, 0.1) is 6.33 Å². The maximum Gasteiger partial charge on any atom is 0.226 e. The number of aromatic amines is 1. The van der Waals surface area contributed by atoms with Crippen molar-refractivity contribution in [2.45, 2.75) is 13.5 Å². The average molecular weight is 269 g/mol. The normalized spacial score (nSPS) is 10.7. The summed E-state index contributed by atoms with van der Waals surface area (Å²) < 4.78 is 0. The molecule has 0 atom stereocenters. The van der Waals surface area contributed by atoms with Gasteiger partial charge in [0.2, 0.25) is 5.95 Å². The summed E-state index contributed by atoms with van der Waals surface area (Å²) in [5, 5.41) is 6.23. The van der Waals surface area contributed by atoms with Crippen LogP contribution in [0, 0.1) is 6.92 Å². The van der Waals surface area contributed by atoms with E-state index in [2.05, 4.69) is 42.5 Å². The summed E-state index contributed by atoms with van der Waals surface area (Å²) in [6.45, 7) is 2.71. The lowest BCUT2D eigenvalue weighted by molar-refractivity contribution is 1.06.